The predicted molar refractivity (Wildman–Crippen MR) is 67.9 cm³/mol. The van der Waals surface area contributed by atoms with Crippen LogP contribution in [0.4, 0.5) is 0 Å². The van der Waals surface area contributed by atoms with E-state index in [2.05, 4.69) is 5.32 Å². The maximum absolute atomic E-state index is 12.0. The lowest BCUT2D eigenvalue weighted by molar-refractivity contribution is -0.119. The summed E-state index contributed by atoms with van der Waals surface area (Å²) in [6.45, 7) is 1.85. The van der Waals surface area contributed by atoms with Crippen LogP contribution in [0, 0.1) is 11.8 Å². The van der Waals surface area contributed by atoms with Gasteiger partial charge >= 0.3 is 0 Å². The number of carbonyl (C=O) groups is 1. The van der Waals surface area contributed by atoms with Crippen LogP contribution >= 0.6 is 0 Å². The topological polar surface area (TPSA) is 49.3 Å². The molecular weight excluding hydrogens is 214 g/mol. The monoisotopic (exact) mass is 237 g/mol. The zero-order valence-corrected chi connectivity index (χ0v) is 10.5. The van der Waals surface area contributed by atoms with Crippen molar-refractivity contribution in [2.45, 2.75) is 44.9 Å². The van der Waals surface area contributed by atoms with E-state index in [4.69, 9.17) is 0 Å². The fourth-order valence-corrected chi connectivity index (χ4v) is 2.89. The smallest absolute Gasteiger partial charge is 0.162 e. The third-order valence-corrected chi connectivity index (χ3v) is 4.06. The molecule has 0 amide bonds. The van der Waals surface area contributed by atoms with E-state index >= 15 is 0 Å². The van der Waals surface area contributed by atoms with Crippen LogP contribution in [0.2, 0.25) is 0 Å². The van der Waals surface area contributed by atoms with Crippen molar-refractivity contribution >= 4 is 5.78 Å². The minimum atomic E-state index is 0.127. The van der Waals surface area contributed by atoms with E-state index < -0.39 is 0 Å². The molecule has 0 atom stereocenters. The first-order chi connectivity index (χ1) is 8.27. The minimum absolute atomic E-state index is 0.127. The Labute approximate surface area is 103 Å². The summed E-state index contributed by atoms with van der Waals surface area (Å²) in [6.07, 6.45) is 9.07. The van der Waals surface area contributed by atoms with Gasteiger partial charge in [-0.3, -0.25) is 4.79 Å². The lowest BCUT2D eigenvalue weighted by Crippen LogP contribution is -2.31. The van der Waals surface area contributed by atoms with Crippen molar-refractivity contribution in [3.8, 4) is 0 Å². The van der Waals surface area contributed by atoms with E-state index in [1.165, 1.54) is 25.3 Å². The number of allylic oxidation sites excluding steroid dienone is 2. The minimum Gasteiger partial charge on any atom is -0.512 e. The second-order valence-corrected chi connectivity index (χ2v) is 5.33. The van der Waals surface area contributed by atoms with Crippen LogP contribution in [-0.2, 0) is 4.79 Å². The average molecular weight is 237 g/mol. The molecule has 0 aromatic rings. The van der Waals surface area contributed by atoms with E-state index in [0.717, 1.165) is 38.8 Å². The average Bonchev–Trinajstić information content (AvgIpc) is 2.40. The van der Waals surface area contributed by atoms with Crippen LogP contribution in [0.5, 0.6) is 0 Å². The van der Waals surface area contributed by atoms with Crippen molar-refractivity contribution in [1.29, 1.82) is 0 Å². The summed E-state index contributed by atoms with van der Waals surface area (Å²) < 4.78 is 0. The quantitative estimate of drug-likeness (QED) is 0.586. The fraction of sp³-hybridized carbons (Fsp3) is 0.786. The molecule has 2 fully saturated rings. The highest BCUT2D eigenvalue weighted by Gasteiger charge is 2.22. The lowest BCUT2D eigenvalue weighted by Gasteiger charge is -2.22. The molecule has 0 radical (unpaired) electrons. The fourth-order valence-electron chi connectivity index (χ4n) is 2.89. The Morgan fingerprint density at radius 1 is 1.00 bits per heavy atom. The van der Waals surface area contributed by atoms with Gasteiger partial charge in [-0.25, -0.2) is 0 Å². The number of aliphatic hydroxyl groups excluding tert-OH is 1. The maximum Gasteiger partial charge on any atom is 0.162 e. The first-order valence-corrected chi connectivity index (χ1v) is 6.92. The highest BCUT2D eigenvalue weighted by atomic mass is 16.3. The van der Waals surface area contributed by atoms with Crippen LogP contribution in [0.15, 0.2) is 11.8 Å². The van der Waals surface area contributed by atoms with Gasteiger partial charge in [-0.15, -0.1) is 0 Å². The van der Waals surface area contributed by atoms with Gasteiger partial charge in [-0.2, -0.15) is 0 Å². The zero-order valence-electron chi connectivity index (χ0n) is 10.5. The molecule has 3 heteroatoms. The van der Waals surface area contributed by atoms with Gasteiger partial charge in [0.15, 0.2) is 5.78 Å². The zero-order chi connectivity index (χ0) is 12.1. The Bertz CT molecular complexity index is 287. The molecule has 2 aliphatic rings. The van der Waals surface area contributed by atoms with Gasteiger partial charge in [0.1, 0.15) is 0 Å². The van der Waals surface area contributed by atoms with Gasteiger partial charge in [-0.05, 0) is 38.8 Å². The molecule has 0 unspecified atom stereocenters. The van der Waals surface area contributed by atoms with Crippen LogP contribution in [0.1, 0.15) is 44.9 Å². The summed E-state index contributed by atoms with van der Waals surface area (Å²) in [4.78, 5) is 12.0. The molecule has 1 saturated heterocycles. The molecule has 96 valence electrons. The first kappa shape index (κ1) is 12.6. The van der Waals surface area contributed by atoms with Crippen molar-refractivity contribution in [3.05, 3.63) is 11.8 Å². The van der Waals surface area contributed by atoms with Crippen LogP contribution < -0.4 is 5.32 Å². The number of hydrogen-bond acceptors (Lipinski definition) is 3. The Morgan fingerprint density at radius 2 is 1.65 bits per heavy atom. The number of piperidine rings is 1. The molecule has 0 aromatic heterocycles. The summed E-state index contributed by atoms with van der Waals surface area (Å²) in [6, 6.07) is 0. The lowest BCUT2D eigenvalue weighted by atomic mass is 9.86. The molecule has 1 aliphatic carbocycles. The number of aliphatic hydroxyl groups is 1. The SMILES string of the molecule is O=C(/C=C(\O)C1CCCCC1)C1CCNCC1. The summed E-state index contributed by atoms with van der Waals surface area (Å²) in [7, 11) is 0. The highest BCUT2D eigenvalue weighted by Crippen LogP contribution is 2.28. The van der Waals surface area contributed by atoms with Crippen LogP contribution in [0.3, 0.4) is 0 Å². The van der Waals surface area contributed by atoms with Crippen LogP contribution in [-0.4, -0.2) is 24.0 Å². The van der Waals surface area contributed by atoms with Crippen molar-refractivity contribution in [2.75, 3.05) is 13.1 Å². The largest absolute Gasteiger partial charge is 0.512 e. The summed E-state index contributed by atoms with van der Waals surface area (Å²) in [5, 5.41) is 13.3. The van der Waals surface area contributed by atoms with E-state index in [-0.39, 0.29) is 17.6 Å². The second kappa shape index (κ2) is 6.20. The predicted octanol–water partition coefficient (Wildman–Crippen LogP) is 2.58. The Kier molecular flexibility index (Phi) is 4.60. The number of nitrogens with one attached hydrogen (secondary N) is 1. The third-order valence-electron chi connectivity index (χ3n) is 4.06. The molecule has 2 N–H and O–H groups in total. The summed E-state index contributed by atoms with van der Waals surface area (Å²) >= 11 is 0. The highest BCUT2D eigenvalue weighted by molar-refractivity contribution is 5.92. The molecule has 0 bridgehead atoms. The molecule has 1 heterocycles. The van der Waals surface area contributed by atoms with Gasteiger partial charge in [0.05, 0.1) is 5.76 Å². The molecule has 2 rings (SSSR count). The number of carbonyl (C=O) groups excluding carboxylic acids is 1. The Hall–Kier alpha value is -0.830. The molecular formula is C14H23NO2. The standard InChI is InChI=1S/C14H23NO2/c16-13(11-4-2-1-3-5-11)10-14(17)12-6-8-15-9-7-12/h10-12,15-16H,1-9H2/b13-10-. The van der Waals surface area contributed by atoms with E-state index in [1.54, 1.807) is 0 Å². The molecule has 0 spiro atoms. The molecule has 1 aliphatic heterocycles. The second-order valence-electron chi connectivity index (χ2n) is 5.33. The Morgan fingerprint density at radius 3 is 2.29 bits per heavy atom. The van der Waals surface area contributed by atoms with E-state index in [0.29, 0.717) is 5.76 Å². The van der Waals surface area contributed by atoms with Crippen LogP contribution in [0.25, 0.3) is 0 Å². The van der Waals surface area contributed by atoms with Crippen molar-refractivity contribution in [3.63, 3.8) is 0 Å². The van der Waals surface area contributed by atoms with Gasteiger partial charge in [0.25, 0.3) is 0 Å². The van der Waals surface area contributed by atoms with Crippen molar-refractivity contribution in [2.24, 2.45) is 11.8 Å². The summed E-state index contributed by atoms with van der Waals surface area (Å²) in [5.74, 6) is 0.846. The first-order valence-electron chi connectivity index (χ1n) is 6.92. The number of ketones is 1. The van der Waals surface area contributed by atoms with E-state index in [1.807, 2.05) is 0 Å². The maximum atomic E-state index is 12.0. The van der Waals surface area contributed by atoms with Crippen molar-refractivity contribution < 1.29 is 9.90 Å². The number of hydrogen-bond donors (Lipinski definition) is 2. The normalized spacial score (nSPS) is 24.8. The van der Waals surface area contributed by atoms with Gasteiger partial charge in [-0.1, -0.05) is 19.3 Å². The molecule has 3 nitrogen and oxygen atoms in total. The molecule has 17 heavy (non-hydrogen) atoms. The molecule has 1 saturated carbocycles. The summed E-state index contributed by atoms with van der Waals surface area (Å²) in [5.41, 5.74) is 0. The van der Waals surface area contributed by atoms with Gasteiger partial charge in [0.2, 0.25) is 0 Å². The van der Waals surface area contributed by atoms with Crippen molar-refractivity contribution in [1.82, 2.24) is 5.32 Å². The number of rotatable bonds is 3. The third kappa shape index (κ3) is 3.56. The molecule has 0 aromatic carbocycles. The Balaban J connectivity index is 1.89. The van der Waals surface area contributed by atoms with Gasteiger partial charge < -0.3 is 10.4 Å². The van der Waals surface area contributed by atoms with E-state index in [9.17, 15) is 9.90 Å². The van der Waals surface area contributed by atoms with Gasteiger partial charge in [0, 0.05) is 17.9 Å².